The first-order valence-electron chi connectivity index (χ1n) is 6.55. The molecule has 18 heavy (non-hydrogen) atoms. The summed E-state index contributed by atoms with van der Waals surface area (Å²) in [6.07, 6.45) is 0.456. The summed E-state index contributed by atoms with van der Waals surface area (Å²) >= 11 is 0. The summed E-state index contributed by atoms with van der Waals surface area (Å²) < 4.78 is 19.1. The first-order valence-corrected chi connectivity index (χ1v) is 6.55. The van der Waals surface area contributed by atoms with Crippen molar-refractivity contribution < 1.29 is 9.13 Å². The van der Waals surface area contributed by atoms with E-state index >= 15 is 0 Å². The highest BCUT2D eigenvalue weighted by molar-refractivity contribution is 5.27. The van der Waals surface area contributed by atoms with Crippen molar-refractivity contribution in [3.8, 4) is 5.75 Å². The van der Waals surface area contributed by atoms with E-state index in [0.29, 0.717) is 18.9 Å². The van der Waals surface area contributed by atoms with Gasteiger partial charge in [-0.25, -0.2) is 4.39 Å². The van der Waals surface area contributed by atoms with E-state index in [1.165, 1.54) is 0 Å². The maximum Gasteiger partial charge on any atom is 0.118 e. The molecule has 2 nitrogen and oxygen atoms in total. The Hall–Kier alpha value is -1.09. The van der Waals surface area contributed by atoms with Gasteiger partial charge < -0.3 is 10.5 Å². The zero-order valence-electron chi connectivity index (χ0n) is 11.5. The van der Waals surface area contributed by atoms with Gasteiger partial charge in [0.1, 0.15) is 11.9 Å². The van der Waals surface area contributed by atoms with E-state index in [4.69, 9.17) is 10.5 Å². The maximum atomic E-state index is 14.0. The standard InChI is InChI=1S/C15H24FNO/c1-11(2)14(10-17)15(16)9-6-12-4-7-13(18-3)8-5-12/h4-5,7-8,11,14-15H,6,9-10,17H2,1-3H3. The molecule has 3 heteroatoms. The van der Waals surface area contributed by atoms with Crippen LogP contribution in [-0.2, 0) is 6.42 Å². The van der Waals surface area contributed by atoms with Gasteiger partial charge in [-0.1, -0.05) is 26.0 Å². The molecule has 2 unspecified atom stereocenters. The largest absolute Gasteiger partial charge is 0.497 e. The van der Waals surface area contributed by atoms with Gasteiger partial charge in [-0.3, -0.25) is 0 Å². The Balaban J connectivity index is 2.48. The lowest BCUT2D eigenvalue weighted by Gasteiger charge is -2.23. The van der Waals surface area contributed by atoms with Crippen molar-refractivity contribution >= 4 is 0 Å². The Morgan fingerprint density at radius 2 is 1.83 bits per heavy atom. The van der Waals surface area contributed by atoms with Crippen LogP contribution in [0.15, 0.2) is 24.3 Å². The van der Waals surface area contributed by atoms with Gasteiger partial charge in [-0.15, -0.1) is 0 Å². The molecule has 0 saturated heterocycles. The Bertz CT molecular complexity index is 337. The van der Waals surface area contributed by atoms with Crippen LogP contribution in [0.3, 0.4) is 0 Å². The van der Waals surface area contributed by atoms with E-state index in [0.717, 1.165) is 17.7 Å². The van der Waals surface area contributed by atoms with Crippen molar-refractivity contribution in [1.82, 2.24) is 0 Å². The summed E-state index contributed by atoms with van der Waals surface area (Å²) in [6.45, 7) is 4.47. The predicted molar refractivity (Wildman–Crippen MR) is 73.6 cm³/mol. The summed E-state index contributed by atoms with van der Waals surface area (Å²) in [5.74, 6) is 1.08. The van der Waals surface area contributed by atoms with Crippen molar-refractivity contribution in [2.24, 2.45) is 17.6 Å². The second kappa shape index (κ2) is 7.37. The molecule has 0 aliphatic heterocycles. The average Bonchev–Trinajstić information content (AvgIpc) is 2.37. The molecule has 0 spiro atoms. The Labute approximate surface area is 109 Å². The summed E-state index contributed by atoms with van der Waals surface area (Å²) in [7, 11) is 1.64. The molecule has 0 aliphatic rings. The average molecular weight is 253 g/mol. The highest BCUT2D eigenvalue weighted by Crippen LogP contribution is 2.22. The second-order valence-electron chi connectivity index (χ2n) is 5.05. The summed E-state index contributed by atoms with van der Waals surface area (Å²) in [5, 5.41) is 0. The SMILES string of the molecule is COc1ccc(CCC(F)C(CN)C(C)C)cc1. The first kappa shape index (κ1) is 15.0. The van der Waals surface area contributed by atoms with Gasteiger partial charge in [0.05, 0.1) is 7.11 Å². The minimum Gasteiger partial charge on any atom is -0.497 e. The van der Waals surface area contributed by atoms with E-state index in [1.807, 2.05) is 38.1 Å². The predicted octanol–water partition coefficient (Wildman–Crippen LogP) is 3.20. The van der Waals surface area contributed by atoms with Crippen molar-refractivity contribution in [2.75, 3.05) is 13.7 Å². The topological polar surface area (TPSA) is 35.2 Å². The van der Waals surface area contributed by atoms with Crippen LogP contribution in [0.2, 0.25) is 0 Å². The molecule has 0 heterocycles. The number of hydrogen-bond donors (Lipinski definition) is 1. The Kier molecular flexibility index (Phi) is 6.13. The lowest BCUT2D eigenvalue weighted by atomic mass is 9.88. The molecular weight excluding hydrogens is 229 g/mol. The van der Waals surface area contributed by atoms with Crippen LogP contribution in [0.1, 0.15) is 25.8 Å². The third-order valence-corrected chi connectivity index (χ3v) is 3.46. The molecule has 102 valence electrons. The Morgan fingerprint density at radius 1 is 1.22 bits per heavy atom. The van der Waals surface area contributed by atoms with E-state index in [2.05, 4.69) is 0 Å². The lowest BCUT2D eigenvalue weighted by molar-refractivity contribution is 0.176. The molecule has 1 rings (SSSR count). The van der Waals surface area contributed by atoms with Gasteiger partial charge >= 0.3 is 0 Å². The number of hydrogen-bond acceptors (Lipinski definition) is 2. The molecule has 0 fully saturated rings. The summed E-state index contributed by atoms with van der Waals surface area (Å²) in [5.41, 5.74) is 6.76. The van der Waals surface area contributed by atoms with Gasteiger partial charge in [0, 0.05) is 5.92 Å². The van der Waals surface area contributed by atoms with E-state index in [1.54, 1.807) is 7.11 Å². The van der Waals surface area contributed by atoms with Crippen LogP contribution in [0.25, 0.3) is 0 Å². The molecule has 0 amide bonds. The van der Waals surface area contributed by atoms with Gasteiger partial charge in [0.15, 0.2) is 0 Å². The highest BCUT2D eigenvalue weighted by atomic mass is 19.1. The molecule has 1 aromatic carbocycles. The smallest absolute Gasteiger partial charge is 0.118 e. The monoisotopic (exact) mass is 253 g/mol. The number of halogens is 1. The van der Waals surface area contributed by atoms with Crippen LogP contribution in [-0.4, -0.2) is 19.8 Å². The van der Waals surface area contributed by atoms with E-state index in [-0.39, 0.29) is 5.92 Å². The minimum absolute atomic E-state index is 0.0387. The van der Waals surface area contributed by atoms with Crippen LogP contribution >= 0.6 is 0 Å². The highest BCUT2D eigenvalue weighted by Gasteiger charge is 2.22. The second-order valence-corrected chi connectivity index (χ2v) is 5.05. The van der Waals surface area contributed by atoms with Gasteiger partial charge in [0.2, 0.25) is 0 Å². The number of alkyl halides is 1. The van der Waals surface area contributed by atoms with Crippen LogP contribution in [0.4, 0.5) is 4.39 Å². The molecule has 2 atom stereocenters. The van der Waals surface area contributed by atoms with Gasteiger partial charge in [-0.05, 0) is 43.0 Å². The number of nitrogens with two attached hydrogens (primary N) is 1. The fourth-order valence-electron chi connectivity index (χ4n) is 2.15. The summed E-state index contributed by atoms with van der Waals surface area (Å²) in [4.78, 5) is 0. The number of ether oxygens (including phenoxy) is 1. The van der Waals surface area contributed by atoms with Crippen LogP contribution < -0.4 is 10.5 Å². The molecule has 0 aliphatic carbocycles. The normalized spacial score (nSPS) is 14.6. The van der Waals surface area contributed by atoms with Gasteiger partial charge in [-0.2, -0.15) is 0 Å². The molecule has 1 aromatic rings. The Morgan fingerprint density at radius 3 is 2.28 bits per heavy atom. The molecule has 2 N–H and O–H groups in total. The molecular formula is C15H24FNO. The zero-order valence-corrected chi connectivity index (χ0v) is 11.5. The third-order valence-electron chi connectivity index (χ3n) is 3.46. The number of methoxy groups -OCH3 is 1. The van der Waals surface area contributed by atoms with Crippen molar-refractivity contribution in [2.45, 2.75) is 32.9 Å². The van der Waals surface area contributed by atoms with Crippen molar-refractivity contribution in [3.05, 3.63) is 29.8 Å². The number of rotatable bonds is 7. The lowest BCUT2D eigenvalue weighted by Crippen LogP contribution is -2.29. The molecule has 0 radical (unpaired) electrons. The number of aryl methyl sites for hydroxylation is 1. The van der Waals surface area contributed by atoms with E-state index < -0.39 is 6.17 Å². The first-order chi connectivity index (χ1) is 8.58. The number of benzene rings is 1. The fraction of sp³-hybridized carbons (Fsp3) is 0.600. The van der Waals surface area contributed by atoms with Crippen LogP contribution in [0, 0.1) is 11.8 Å². The fourth-order valence-corrected chi connectivity index (χ4v) is 2.15. The molecule has 0 aromatic heterocycles. The minimum atomic E-state index is -0.822. The molecule has 0 bridgehead atoms. The zero-order chi connectivity index (χ0) is 13.5. The maximum absolute atomic E-state index is 14.0. The van der Waals surface area contributed by atoms with Crippen LogP contribution in [0.5, 0.6) is 5.75 Å². The van der Waals surface area contributed by atoms with Crippen molar-refractivity contribution in [3.63, 3.8) is 0 Å². The molecule has 0 saturated carbocycles. The third kappa shape index (κ3) is 4.30. The quantitative estimate of drug-likeness (QED) is 0.810. The summed E-state index contributed by atoms with van der Waals surface area (Å²) in [6, 6.07) is 7.79. The van der Waals surface area contributed by atoms with Crippen molar-refractivity contribution in [1.29, 1.82) is 0 Å². The van der Waals surface area contributed by atoms with E-state index in [9.17, 15) is 4.39 Å². The van der Waals surface area contributed by atoms with Gasteiger partial charge in [0.25, 0.3) is 0 Å².